The molecule has 4 aromatic rings. The number of hydrogen-bond donors (Lipinski definition) is 1. The highest BCUT2D eigenvalue weighted by Gasteiger charge is 2.30. The molecule has 0 aliphatic heterocycles. The first kappa shape index (κ1) is 24.1. The Labute approximate surface area is 199 Å². The van der Waals surface area contributed by atoms with Gasteiger partial charge in [-0.15, -0.1) is 0 Å². The fraction of sp³-hybridized carbons (Fsp3) is 0.292. The largest absolute Gasteiger partial charge is 0.416 e. The summed E-state index contributed by atoms with van der Waals surface area (Å²) in [6.07, 6.45) is -1.48. The minimum atomic E-state index is -4.45. The Bertz CT molecular complexity index is 1350. The van der Waals surface area contributed by atoms with Crippen LogP contribution in [0.4, 0.5) is 13.2 Å². The molecule has 0 saturated heterocycles. The number of rotatable bonds is 5. The van der Waals surface area contributed by atoms with Crippen molar-refractivity contribution in [1.29, 1.82) is 0 Å². The number of carbonyl (C=O) groups is 1. The molecule has 0 spiro atoms. The van der Waals surface area contributed by atoms with Gasteiger partial charge in [0.1, 0.15) is 0 Å². The fourth-order valence-electron chi connectivity index (χ4n) is 3.28. The van der Waals surface area contributed by atoms with Crippen LogP contribution in [0.5, 0.6) is 0 Å². The molecular weight excluding hydrogens is 461 g/mol. The summed E-state index contributed by atoms with van der Waals surface area (Å²) in [5, 5.41) is 10.9. The van der Waals surface area contributed by atoms with Crippen molar-refractivity contribution in [2.75, 3.05) is 0 Å². The molecule has 0 aliphatic carbocycles. The summed E-state index contributed by atoms with van der Waals surface area (Å²) in [5.74, 6) is 0.947. The fourth-order valence-corrected chi connectivity index (χ4v) is 3.28. The van der Waals surface area contributed by atoms with Gasteiger partial charge in [0.25, 0.3) is 11.8 Å². The van der Waals surface area contributed by atoms with Gasteiger partial charge in [-0.25, -0.2) is 9.67 Å². The van der Waals surface area contributed by atoms with Gasteiger partial charge in [-0.2, -0.15) is 23.3 Å². The molecule has 1 aromatic carbocycles. The lowest BCUT2D eigenvalue weighted by Gasteiger charge is -2.10. The van der Waals surface area contributed by atoms with Gasteiger partial charge in [0.05, 0.1) is 28.6 Å². The van der Waals surface area contributed by atoms with E-state index < -0.39 is 17.6 Å². The quantitative estimate of drug-likeness (QED) is 0.434. The topological polar surface area (TPSA) is 98.7 Å². The van der Waals surface area contributed by atoms with Crippen LogP contribution in [0.1, 0.15) is 53.8 Å². The second kappa shape index (κ2) is 8.97. The number of pyridine rings is 1. The normalized spacial score (nSPS) is 12.1. The van der Waals surface area contributed by atoms with E-state index >= 15 is 0 Å². The molecule has 3 heterocycles. The lowest BCUT2D eigenvalue weighted by Crippen LogP contribution is -2.23. The molecule has 8 nitrogen and oxygen atoms in total. The number of nitrogens with one attached hydrogen (secondary N) is 1. The highest BCUT2D eigenvalue weighted by molar-refractivity contribution is 5.95. The van der Waals surface area contributed by atoms with Gasteiger partial charge in [0, 0.05) is 18.2 Å². The molecule has 0 aliphatic rings. The Balaban J connectivity index is 1.47. The van der Waals surface area contributed by atoms with E-state index in [1.54, 1.807) is 25.3 Å². The Morgan fingerprint density at radius 3 is 2.51 bits per heavy atom. The van der Waals surface area contributed by atoms with E-state index in [2.05, 4.69) is 25.5 Å². The van der Waals surface area contributed by atoms with Crippen molar-refractivity contribution in [3.63, 3.8) is 0 Å². The number of nitrogens with zero attached hydrogens (tertiary/aromatic N) is 5. The summed E-state index contributed by atoms with van der Waals surface area (Å²) in [6.45, 7) is 7.60. The standard InChI is InChI=1S/C24H23F3N6O2/c1-14-18(20(34)29-11-15-6-5-7-17(10-15)24(25,26)27)13-30-33(14)19-9-8-16(12-28-19)21-31-22(32-35-21)23(2,3)4/h5-10,12-13H,11H2,1-4H3,(H,29,34). The number of halogens is 3. The summed E-state index contributed by atoms with van der Waals surface area (Å²) in [7, 11) is 0. The smallest absolute Gasteiger partial charge is 0.348 e. The number of alkyl halides is 3. The third-order valence-corrected chi connectivity index (χ3v) is 5.27. The van der Waals surface area contributed by atoms with Crippen molar-refractivity contribution in [2.45, 2.75) is 45.8 Å². The maximum atomic E-state index is 12.9. The van der Waals surface area contributed by atoms with Crippen molar-refractivity contribution in [3.05, 3.63) is 77.0 Å². The van der Waals surface area contributed by atoms with Gasteiger partial charge >= 0.3 is 6.18 Å². The third kappa shape index (κ3) is 5.23. The van der Waals surface area contributed by atoms with Crippen LogP contribution >= 0.6 is 0 Å². The van der Waals surface area contributed by atoms with Crippen molar-refractivity contribution < 1.29 is 22.5 Å². The molecule has 11 heteroatoms. The van der Waals surface area contributed by atoms with E-state index in [0.29, 0.717) is 34.4 Å². The van der Waals surface area contributed by atoms with Crippen molar-refractivity contribution in [1.82, 2.24) is 30.2 Å². The van der Waals surface area contributed by atoms with Gasteiger partial charge in [-0.3, -0.25) is 4.79 Å². The first-order valence-corrected chi connectivity index (χ1v) is 10.7. The molecule has 1 N–H and O–H groups in total. The average Bonchev–Trinajstić information content (AvgIpc) is 3.45. The van der Waals surface area contributed by atoms with E-state index in [1.807, 2.05) is 20.8 Å². The van der Waals surface area contributed by atoms with E-state index in [1.165, 1.54) is 23.0 Å². The molecule has 182 valence electrons. The molecule has 3 aromatic heterocycles. The number of benzene rings is 1. The molecule has 0 radical (unpaired) electrons. The van der Waals surface area contributed by atoms with Gasteiger partial charge in [0.15, 0.2) is 11.6 Å². The van der Waals surface area contributed by atoms with Crippen LogP contribution in [0.15, 0.2) is 53.3 Å². The predicted molar refractivity (Wildman–Crippen MR) is 121 cm³/mol. The summed E-state index contributed by atoms with van der Waals surface area (Å²) < 4.78 is 45.5. The van der Waals surface area contributed by atoms with E-state index in [-0.39, 0.29) is 17.5 Å². The Morgan fingerprint density at radius 2 is 1.89 bits per heavy atom. The maximum absolute atomic E-state index is 12.9. The molecule has 0 atom stereocenters. The summed E-state index contributed by atoms with van der Waals surface area (Å²) in [4.78, 5) is 21.5. The lowest BCUT2D eigenvalue weighted by molar-refractivity contribution is -0.137. The molecule has 0 bridgehead atoms. The first-order valence-electron chi connectivity index (χ1n) is 10.7. The monoisotopic (exact) mass is 484 g/mol. The molecule has 0 saturated carbocycles. The Kier molecular flexibility index (Phi) is 6.18. The van der Waals surface area contributed by atoms with Crippen LogP contribution in [0.2, 0.25) is 0 Å². The third-order valence-electron chi connectivity index (χ3n) is 5.27. The van der Waals surface area contributed by atoms with Crippen molar-refractivity contribution >= 4 is 5.91 Å². The van der Waals surface area contributed by atoms with Crippen LogP contribution in [0.3, 0.4) is 0 Å². The van der Waals surface area contributed by atoms with Crippen LogP contribution < -0.4 is 5.32 Å². The van der Waals surface area contributed by atoms with Gasteiger partial charge in [-0.1, -0.05) is 38.1 Å². The molecule has 4 rings (SSSR count). The Hall–Kier alpha value is -4.02. The van der Waals surface area contributed by atoms with Crippen molar-refractivity contribution in [3.8, 4) is 17.3 Å². The first-order chi connectivity index (χ1) is 16.4. The maximum Gasteiger partial charge on any atom is 0.416 e. The number of aromatic nitrogens is 5. The minimum Gasteiger partial charge on any atom is -0.348 e. The average molecular weight is 484 g/mol. The predicted octanol–water partition coefficient (Wildman–Crippen LogP) is 4.87. The highest BCUT2D eigenvalue weighted by atomic mass is 19.4. The number of amides is 1. The van der Waals surface area contributed by atoms with E-state index in [4.69, 9.17) is 4.52 Å². The van der Waals surface area contributed by atoms with Crippen LogP contribution in [0, 0.1) is 6.92 Å². The SMILES string of the molecule is Cc1c(C(=O)NCc2cccc(C(F)(F)F)c2)cnn1-c1ccc(-c2nc(C(C)(C)C)no2)cn1. The molecule has 1 amide bonds. The van der Waals surface area contributed by atoms with Crippen LogP contribution in [-0.4, -0.2) is 30.8 Å². The zero-order valence-corrected chi connectivity index (χ0v) is 19.5. The zero-order valence-electron chi connectivity index (χ0n) is 19.5. The van der Waals surface area contributed by atoms with Gasteiger partial charge in [0.2, 0.25) is 0 Å². The molecule has 0 fully saturated rings. The molecular formula is C24H23F3N6O2. The highest BCUT2D eigenvalue weighted by Crippen LogP contribution is 2.29. The summed E-state index contributed by atoms with van der Waals surface area (Å²) in [6, 6.07) is 8.29. The number of hydrogen-bond acceptors (Lipinski definition) is 6. The zero-order chi connectivity index (χ0) is 25.4. The van der Waals surface area contributed by atoms with Crippen LogP contribution in [0.25, 0.3) is 17.3 Å². The minimum absolute atomic E-state index is 0.0545. The van der Waals surface area contributed by atoms with Crippen LogP contribution in [-0.2, 0) is 18.1 Å². The van der Waals surface area contributed by atoms with Gasteiger partial charge in [-0.05, 0) is 36.8 Å². The number of carbonyl (C=O) groups excluding carboxylic acids is 1. The summed E-state index contributed by atoms with van der Waals surface area (Å²) >= 11 is 0. The lowest BCUT2D eigenvalue weighted by atomic mass is 9.96. The van der Waals surface area contributed by atoms with Gasteiger partial charge < -0.3 is 9.84 Å². The Morgan fingerprint density at radius 1 is 1.11 bits per heavy atom. The van der Waals surface area contributed by atoms with Crippen molar-refractivity contribution in [2.24, 2.45) is 0 Å². The second-order valence-corrected chi connectivity index (χ2v) is 9.01. The van der Waals surface area contributed by atoms with E-state index in [9.17, 15) is 18.0 Å². The molecule has 35 heavy (non-hydrogen) atoms. The second-order valence-electron chi connectivity index (χ2n) is 9.01. The molecule has 0 unspecified atom stereocenters. The summed E-state index contributed by atoms with van der Waals surface area (Å²) in [5.41, 5.74) is 0.776. The van der Waals surface area contributed by atoms with E-state index in [0.717, 1.165) is 12.1 Å².